The standard InChI is InChI=1S/C11H23N3O/c1-9(8-10-4-2-7-14-10)13-6-3-5-11(12)15/h9-10,13-14H,2-8H2,1H3,(H2,12,15). The van der Waals surface area contributed by atoms with Crippen LogP contribution in [0.5, 0.6) is 0 Å². The highest BCUT2D eigenvalue weighted by molar-refractivity contribution is 5.73. The maximum absolute atomic E-state index is 10.5. The highest BCUT2D eigenvalue weighted by Gasteiger charge is 2.16. The third-order valence-electron chi connectivity index (χ3n) is 2.89. The minimum Gasteiger partial charge on any atom is -0.370 e. The molecular weight excluding hydrogens is 190 g/mol. The van der Waals surface area contributed by atoms with Gasteiger partial charge < -0.3 is 16.4 Å². The Labute approximate surface area is 92.0 Å². The predicted octanol–water partition coefficient (Wildman–Crippen LogP) is 0.372. The van der Waals surface area contributed by atoms with E-state index in [0.717, 1.165) is 13.0 Å². The maximum atomic E-state index is 10.5. The Hall–Kier alpha value is -0.610. The van der Waals surface area contributed by atoms with Gasteiger partial charge in [0.05, 0.1) is 0 Å². The van der Waals surface area contributed by atoms with E-state index in [4.69, 9.17) is 5.73 Å². The average Bonchev–Trinajstić information content (AvgIpc) is 2.64. The van der Waals surface area contributed by atoms with Crippen LogP contribution in [0.1, 0.15) is 39.0 Å². The Morgan fingerprint density at radius 1 is 1.67 bits per heavy atom. The molecule has 0 aromatic heterocycles. The van der Waals surface area contributed by atoms with Gasteiger partial charge in [0, 0.05) is 18.5 Å². The van der Waals surface area contributed by atoms with Crippen LogP contribution in [0.4, 0.5) is 0 Å². The summed E-state index contributed by atoms with van der Waals surface area (Å²) in [6.07, 6.45) is 5.11. The Morgan fingerprint density at radius 2 is 2.47 bits per heavy atom. The second-order valence-corrected chi connectivity index (χ2v) is 4.45. The van der Waals surface area contributed by atoms with E-state index in [9.17, 15) is 4.79 Å². The van der Waals surface area contributed by atoms with Crippen LogP contribution in [0.3, 0.4) is 0 Å². The third-order valence-corrected chi connectivity index (χ3v) is 2.89. The SMILES string of the molecule is CC(CC1CCCN1)NCCCC(N)=O. The summed E-state index contributed by atoms with van der Waals surface area (Å²) < 4.78 is 0. The van der Waals surface area contributed by atoms with Gasteiger partial charge in [-0.25, -0.2) is 0 Å². The summed E-state index contributed by atoms with van der Waals surface area (Å²) in [6, 6.07) is 1.21. The lowest BCUT2D eigenvalue weighted by Crippen LogP contribution is -2.34. The molecule has 2 atom stereocenters. The lowest BCUT2D eigenvalue weighted by atomic mass is 10.1. The monoisotopic (exact) mass is 213 g/mol. The van der Waals surface area contributed by atoms with Crippen molar-refractivity contribution in [3.8, 4) is 0 Å². The van der Waals surface area contributed by atoms with Gasteiger partial charge in [-0.2, -0.15) is 0 Å². The van der Waals surface area contributed by atoms with Crippen LogP contribution in [-0.2, 0) is 4.79 Å². The molecule has 1 heterocycles. The number of rotatable bonds is 7. The zero-order chi connectivity index (χ0) is 11.1. The summed E-state index contributed by atoms with van der Waals surface area (Å²) in [5, 5.41) is 6.90. The molecule has 0 spiro atoms. The van der Waals surface area contributed by atoms with E-state index in [2.05, 4.69) is 17.6 Å². The first kappa shape index (κ1) is 12.5. The molecule has 4 nitrogen and oxygen atoms in total. The zero-order valence-electron chi connectivity index (χ0n) is 9.59. The smallest absolute Gasteiger partial charge is 0.217 e. The van der Waals surface area contributed by atoms with Crippen LogP contribution < -0.4 is 16.4 Å². The van der Waals surface area contributed by atoms with Crippen LogP contribution in [0.2, 0.25) is 0 Å². The minimum absolute atomic E-state index is 0.207. The van der Waals surface area contributed by atoms with Crippen molar-refractivity contribution in [3.05, 3.63) is 0 Å². The van der Waals surface area contributed by atoms with Gasteiger partial charge in [0.2, 0.25) is 5.91 Å². The van der Waals surface area contributed by atoms with Gasteiger partial charge in [-0.1, -0.05) is 0 Å². The number of hydrogen-bond donors (Lipinski definition) is 3. The number of carbonyl (C=O) groups is 1. The van der Waals surface area contributed by atoms with E-state index in [1.54, 1.807) is 0 Å². The van der Waals surface area contributed by atoms with Crippen molar-refractivity contribution >= 4 is 5.91 Å². The molecule has 0 radical (unpaired) electrons. The van der Waals surface area contributed by atoms with Crippen molar-refractivity contribution in [3.63, 3.8) is 0 Å². The van der Waals surface area contributed by atoms with E-state index in [1.165, 1.54) is 25.8 Å². The second kappa shape index (κ2) is 6.80. The van der Waals surface area contributed by atoms with Crippen molar-refractivity contribution in [1.82, 2.24) is 10.6 Å². The summed E-state index contributed by atoms with van der Waals surface area (Å²) >= 11 is 0. The van der Waals surface area contributed by atoms with Crippen LogP contribution in [0.15, 0.2) is 0 Å². The van der Waals surface area contributed by atoms with Crippen molar-refractivity contribution in [2.24, 2.45) is 5.73 Å². The number of amides is 1. The number of carbonyl (C=O) groups excluding carboxylic acids is 1. The Morgan fingerprint density at radius 3 is 3.07 bits per heavy atom. The first-order chi connectivity index (χ1) is 7.18. The molecule has 1 amide bonds. The average molecular weight is 213 g/mol. The number of primary amides is 1. The lowest BCUT2D eigenvalue weighted by molar-refractivity contribution is -0.118. The summed E-state index contributed by atoms with van der Waals surface area (Å²) in [5.41, 5.74) is 5.06. The molecule has 1 rings (SSSR count). The predicted molar refractivity (Wildman–Crippen MR) is 61.5 cm³/mol. The fraction of sp³-hybridized carbons (Fsp3) is 0.909. The Balaban J connectivity index is 1.97. The highest BCUT2D eigenvalue weighted by atomic mass is 16.1. The van der Waals surface area contributed by atoms with E-state index < -0.39 is 0 Å². The van der Waals surface area contributed by atoms with Crippen molar-refractivity contribution in [1.29, 1.82) is 0 Å². The van der Waals surface area contributed by atoms with E-state index in [1.807, 2.05) is 0 Å². The molecule has 0 aromatic rings. The molecule has 4 heteroatoms. The first-order valence-electron chi connectivity index (χ1n) is 5.93. The Kier molecular flexibility index (Phi) is 5.65. The molecule has 4 N–H and O–H groups in total. The zero-order valence-corrected chi connectivity index (χ0v) is 9.59. The van der Waals surface area contributed by atoms with Gasteiger partial charge in [0.15, 0.2) is 0 Å². The molecule has 0 aliphatic carbocycles. The molecule has 1 saturated heterocycles. The molecule has 2 unspecified atom stereocenters. The molecule has 0 bridgehead atoms. The summed E-state index contributed by atoms with van der Waals surface area (Å²) in [7, 11) is 0. The number of nitrogens with one attached hydrogen (secondary N) is 2. The summed E-state index contributed by atoms with van der Waals surface area (Å²) in [4.78, 5) is 10.5. The molecule has 1 aliphatic heterocycles. The topological polar surface area (TPSA) is 67.2 Å². The molecule has 1 aliphatic rings. The van der Waals surface area contributed by atoms with Gasteiger partial charge in [-0.15, -0.1) is 0 Å². The van der Waals surface area contributed by atoms with E-state index in [0.29, 0.717) is 18.5 Å². The van der Waals surface area contributed by atoms with Crippen molar-refractivity contribution < 1.29 is 4.79 Å². The largest absolute Gasteiger partial charge is 0.370 e. The summed E-state index contributed by atoms with van der Waals surface area (Å²) in [5.74, 6) is -0.207. The van der Waals surface area contributed by atoms with Gasteiger partial charge in [-0.3, -0.25) is 4.79 Å². The lowest BCUT2D eigenvalue weighted by Gasteiger charge is -2.18. The highest BCUT2D eigenvalue weighted by Crippen LogP contribution is 2.10. The number of hydrogen-bond acceptors (Lipinski definition) is 3. The first-order valence-corrected chi connectivity index (χ1v) is 5.93. The van der Waals surface area contributed by atoms with E-state index in [-0.39, 0.29) is 5.91 Å². The van der Waals surface area contributed by atoms with Crippen molar-refractivity contribution in [2.45, 2.75) is 51.1 Å². The van der Waals surface area contributed by atoms with E-state index >= 15 is 0 Å². The molecule has 0 saturated carbocycles. The fourth-order valence-electron chi connectivity index (χ4n) is 2.08. The normalized spacial score (nSPS) is 22.9. The molecule has 15 heavy (non-hydrogen) atoms. The fourth-order valence-corrected chi connectivity index (χ4v) is 2.08. The molecular formula is C11H23N3O. The van der Waals surface area contributed by atoms with Crippen LogP contribution in [0.25, 0.3) is 0 Å². The maximum Gasteiger partial charge on any atom is 0.217 e. The molecule has 0 aromatic carbocycles. The van der Waals surface area contributed by atoms with Crippen molar-refractivity contribution in [2.75, 3.05) is 13.1 Å². The number of nitrogens with two attached hydrogens (primary N) is 1. The van der Waals surface area contributed by atoms with Gasteiger partial charge in [0.1, 0.15) is 0 Å². The van der Waals surface area contributed by atoms with Gasteiger partial charge >= 0.3 is 0 Å². The van der Waals surface area contributed by atoms with Crippen LogP contribution in [0, 0.1) is 0 Å². The van der Waals surface area contributed by atoms with Crippen LogP contribution in [-0.4, -0.2) is 31.1 Å². The van der Waals surface area contributed by atoms with Crippen LogP contribution >= 0.6 is 0 Å². The summed E-state index contributed by atoms with van der Waals surface area (Å²) in [6.45, 7) is 4.25. The second-order valence-electron chi connectivity index (χ2n) is 4.45. The van der Waals surface area contributed by atoms with Gasteiger partial charge in [-0.05, 0) is 45.7 Å². The van der Waals surface area contributed by atoms with Gasteiger partial charge in [0.25, 0.3) is 0 Å². The third kappa shape index (κ3) is 5.74. The Bertz CT molecular complexity index is 190. The molecule has 1 fully saturated rings. The molecule has 88 valence electrons. The quantitative estimate of drug-likeness (QED) is 0.535. The minimum atomic E-state index is -0.207.